The summed E-state index contributed by atoms with van der Waals surface area (Å²) < 4.78 is 5.87. The number of nitrogens with two attached hydrogens (primary N) is 2. The van der Waals surface area contributed by atoms with Gasteiger partial charge in [-0.3, -0.25) is 43.3 Å². The molecule has 2 heterocycles. The van der Waals surface area contributed by atoms with E-state index in [0.717, 1.165) is 9.80 Å². The number of hydrogen-bond acceptors (Lipinski definition) is 13. The number of nitrogens with zero attached hydrogens (tertiary/aromatic N) is 3. The third-order valence-corrected chi connectivity index (χ3v) is 12.5. The first-order valence-corrected chi connectivity index (χ1v) is 23.7. The highest BCUT2D eigenvalue weighted by molar-refractivity contribution is 5.99. The van der Waals surface area contributed by atoms with Gasteiger partial charge in [0.05, 0.1) is 6.42 Å². The van der Waals surface area contributed by atoms with E-state index in [2.05, 4.69) is 31.6 Å². The van der Waals surface area contributed by atoms with Gasteiger partial charge in [0.2, 0.25) is 41.4 Å². The zero-order valence-corrected chi connectivity index (χ0v) is 40.7. The Labute approximate surface area is 411 Å². The van der Waals surface area contributed by atoms with Gasteiger partial charge in [0.15, 0.2) is 5.96 Å². The molecule has 2 aromatic carbocycles. The van der Waals surface area contributed by atoms with E-state index in [4.69, 9.17) is 16.2 Å². The van der Waals surface area contributed by atoms with Gasteiger partial charge in [0.1, 0.15) is 60.4 Å². The lowest BCUT2D eigenvalue weighted by Crippen LogP contribution is -2.65. The molecule has 23 nitrogen and oxygen atoms in total. The maximum atomic E-state index is 15.1. The number of phenolic OH excluding ortho intramolecular Hbond substituents is 1. The third-order valence-electron chi connectivity index (χ3n) is 12.5. The van der Waals surface area contributed by atoms with Crippen molar-refractivity contribution in [2.45, 2.75) is 147 Å². The Balaban J connectivity index is 1.91. The van der Waals surface area contributed by atoms with Crippen LogP contribution in [-0.2, 0) is 60.7 Å². The summed E-state index contributed by atoms with van der Waals surface area (Å²) in [5.74, 6) is -9.87. The largest absolute Gasteiger partial charge is 0.508 e. The maximum Gasteiger partial charge on any atom is 0.329 e. The maximum absolute atomic E-state index is 15.1. The van der Waals surface area contributed by atoms with Crippen molar-refractivity contribution >= 4 is 59.2 Å². The number of ether oxygens (including phenoxy) is 1. The normalized spacial score (nSPS) is 24.6. The van der Waals surface area contributed by atoms with Crippen molar-refractivity contribution in [1.29, 1.82) is 0 Å². The van der Waals surface area contributed by atoms with Crippen LogP contribution < -0.4 is 38.1 Å². The topological polar surface area (TPSA) is 355 Å². The quantitative estimate of drug-likeness (QED) is 0.0396. The highest BCUT2D eigenvalue weighted by Crippen LogP contribution is 2.26. The summed E-state index contributed by atoms with van der Waals surface area (Å²) in [6, 6.07) is 3.65. The van der Waals surface area contributed by atoms with Gasteiger partial charge in [-0.2, -0.15) is 0 Å². The van der Waals surface area contributed by atoms with Crippen molar-refractivity contribution in [1.82, 2.24) is 36.4 Å². The molecule has 388 valence electrons. The van der Waals surface area contributed by atoms with Crippen LogP contribution in [0.3, 0.4) is 0 Å². The number of carbonyl (C=O) groups excluding carboxylic acids is 8. The molecule has 0 radical (unpaired) electrons. The number of benzene rings is 2. The fraction of sp³-hybridized carbons (Fsp3) is 0.542. The van der Waals surface area contributed by atoms with E-state index in [1.165, 1.54) is 38.2 Å². The van der Waals surface area contributed by atoms with E-state index in [1.54, 1.807) is 51.1 Å². The Hall–Kier alpha value is -7.30. The molecule has 12 N–H and O–H groups in total. The molecule has 7 amide bonds. The van der Waals surface area contributed by atoms with Crippen molar-refractivity contribution in [3.63, 3.8) is 0 Å². The molecule has 0 unspecified atom stereocenters. The number of phenols is 1. The number of carboxylic acids is 1. The van der Waals surface area contributed by atoms with Crippen LogP contribution in [-0.4, -0.2) is 153 Å². The van der Waals surface area contributed by atoms with Gasteiger partial charge in [-0.05, 0) is 68.2 Å². The van der Waals surface area contributed by atoms with Gasteiger partial charge >= 0.3 is 11.9 Å². The standard InChI is InChI=1S/C48H68N10O13/c1-6-12-36(60)52-33(25-38(62)63)42(65)56-40-27(4)71-47(70)39(26(3)7-2)55-43(66)34(23-29-16-18-30(59)19-17-29)57(5)46(69)35(24-28-13-9-8-10-14-28)58-37(61)21-20-32(45(58)68)54-41(64)31(53-44(40)67)15-11-22-51-48(49)50/h8-10,13-14,16-19,26-27,31-35,37,39-40,59,61H,6-7,11-12,15,20-25H2,1-5H3,(H,52,60)(H,53,67)(H,54,64)(H,55,66)(H,56,65)(H,62,63)(H4,49,50,51)/t26-,27+,31-,32+,33-,34-,35-,37+,39-,40+/m0/s1. The number of esters is 1. The number of hydrogen-bond donors (Lipinski definition) is 10. The number of cyclic esters (lactones) is 1. The minimum atomic E-state index is -1.89. The molecule has 10 atom stereocenters. The second-order valence-corrected chi connectivity index (χ2v) is 17.9. The van der Waals surface area contributed by atoms with Crippen LogP contribution in [0.1, 0.15) is 90.2 Å². The molecule has 2 aliphatic rings. The van der Waals surface area contributed by atoms with E-state index >= 15 is 4.79 Å². The molecule has 71 heavy (non-hydrogen) atoms. The Bertz CT molecular complexity index is 2240. The monoisotopic (exact) mass is 992 g/mol. The number of fused-ring (bicyclic) bond motifs is 2. The van der Waals surface area contributed by atoms with E-state index in [9.17, 15) is 53.7 Å². The Morgan fingerprint density at radius 1 is 0.873 bits per heavy atom. The number of piperidine rings is 1. The van der Waals surface area contributed by atoms with Crippen molar-refractivity contribution in [3.8, 4) is 5.75 Å². The first-order valence-electron chi connectivity index (χ1n) is 23.7. The first-order chi connectivity index (χ1) is 33.6. The predicted molar refractivity (Wildman–Crippen MR) is 256 cm³/mol. The average Bonchev–Trinajstić information content (AvgIpc) is 3.32. The lowest BCUT2D eigenvalue weighted by atomic mass is 9.95. The Morgan fingerprint density at radius 3 is 2.14 bits per heavy atom. The molecule has 4 rings (SSSR count). The number of aliphatic carboxylic acids is 1. The Kier molecular flexibility index (Phi) is 21.1. The summed E-state index contributed by atoms with van der Waals surface area (Å²) in [6.45, 7) is 6.29. The summed E-state index contributed by atoms with van der Waals surface area (Å²) in [5, 5.41) is 44.0. The van der Waals surface area contributed by atoms with Crippen molar-refractivity contribution in [2.24, 2.45) is 22.4 Å². The molecule has 2 saturated heterocycles. The summed E-state index contributed by atoms with van der Waals surface area (Å²) in [5.41, 5.74) is 12.1. The van der Waals surface area contributed by atoms with Gasteiger partial charge < -0.3 is 67.9 Å². The van der Waals surface area contributed by atoms with Gasteiger partial charge in [-0.25, -0.2) is 4.79 Å². The van der Waals surface area contributed by atoms with Crippen LogP contribution in [0.25, 0.3) is 0 Å². The van der Waals surface area contributed by atoms with Gasteiger partial charge in [-0.15, -0.1) is 0 Å². The van der Waals surface area contributed by atoms with Crippen molar-refractivity contribution in [2.75, 3.05) is 13.6 Å². The lowest BCUT2D eigenvalue weighted by Gasteiger charge is -2.43. The molecule has 0 aliphatic carbocycles. The molecule has 0 saturated carbocycles. The van der Waals surface area contributed by atoms with Crippen LogP contribution in [0, 0.1) is 5.92 Å². The number of carbonyl (C=O) groups is 9. The number of aliphatic hydroxyl groups excluding tert-OH is 1. The number of nitrogens with one attached hydrogen (secondary N) is 5. The number of guanidine groups is 1. The van der Waals surface area contributed by atoms with E-state index in [1.807, 2.05) is 0 Å². The average molecular weight is 993 g/mol. The van der Waals surface area contributed by atoms with Gasteiger partial charge in [0, 0.05) is 32.9 Å². The van der Waals surface area contributed by atoms with Crippen LogP contribution in [0.15, 0.2) is 59.6 Å². The minimum absolute atomic E-state index is 0.0138. The fourth-order valence-corrected chi connectivity index (χ4v) is 8.27. The summed E-state index contributed by atoms with van der Waals surface area (Å²) >= 11 is 0. The van der Waals surface area contributed by atoms with Crippen molar-refractivity contribution < 1.29 is 63.2 Å². The number of aliphatic hydroxyl groups is 1. The third kappa shape index (κ3) is 16.1. The van der Waals surface area contributed by atoms with Gasteiger partial charge in [0.25, 0.3) is 0 Å². The number of amides is 7. The zero-order valence-electron chi connectivity index (χ0n) is 40.7. The Morgan fingerprint density at radius 2 is 1.52 bits per heavy atom. The van der Waals surface area contributed by atoms with Crippen LogP contribution in [0.4, 0.5) is 0 Å². The zero-order chi connectivity index (χ0) is 52.5. The lowest BCUT2D eigenvalue weighted by molar-refractivity contribution is -0.165. The second-order valence-electron chi connectivity index (χ2n) is 17.9. The SMILES string of the molecule is CCCC(=O)N[C@@H](CC(=O)O)C(=O)N[C@H]1C(=O)N[C@@H](CCCN=C(N)N)C(=O)N[C@@H]2CC[C@@H](O)N(C2=O)[C@@H](Cc2ccccc2)C(=O)N(C)[C@@H](Cc2ccc(O)cc2)C(=O)N[C@@H]([C@@H](C)CC)C(=O)O[C@@H]1C. The molecule has 0 spiro atoms. The van der Waals surface area contributed by atoms with Crippen LogP contribution in [0.5, 0.6) is 5.75 Å². The van der Waals surface area contributed by atoms with Crippen LogP contribution >= 0.6 is 0 Å². The molecule has 2 fully saturated rings. The number of rotatable bonds is 17. The minimum Gasteiger partial charge on any atom is -0.508 e. The molecule has 2 aliphatic heterocycles. The molecule has 2 aromatic rings. The summed E-state index contributed by atoms with van der Waals surface area (Å²) in [4.78, 5) is 132. The second kappa shape index (κ2) is 26.6. The summed E-state index contributed by atoms with van der Waals surface area (Å²) in [7, 11) is 1.34. The first kappa shape index (κ1) is 56.3. The molecule has 0 aromatic heterocycles. The smallest absolute Gasteiger partial charge is 0.329 e. The van der Waals surface area contributed by atoms with Crippen LogP contribution in [0.2, 0.25) is 0 Å². The van der Waals surface area contributed by atoms with E-state index < -0.39 is 120 Å². The van der Waals surface area contributed by atoms with E-state index in [-0.39, 0.29) is 69.6 Å². The number of aliphatic imine (C=N–C) groups is 1. The van der Waals surface area contributed by atoms with Gasteiger partial charge in [-0.1, -0.05) is 69.7 Å². The number of carboxylic acid groups (broad SMARTS) is 1. The highest BCUT2D eigenvalue weighted by Gasteiger charge is 2.46. The molecular weight excluding hydrogens is 925 g/mol. The molecular formula is C48H68N10O13. The number of likely N-dealkylation sites (N-methyl/N-ethyl adjacent to an activating group) is 1. The van der Waals surface area contributed by atoms with Crippen molar-refractivity contribution in [3.05, 3.63) is 65.7 Å². The summed E-state index contributed by atoms with van der Waals surface area (Å²) in [6.07, 6.45) is -4.13. The molecule has 2 bridgehead atoms. The highest BCUT2D eigenvalue weighted by atomic mass is 16.5. The van der Waals surface area contributed by atoms with E-state index in [0.29, 0.717) is 17.5 Å². The number of aromatic hydroxyl groups is 1. The predicted octanol–water partition coefficient (Wildman–Crippen LogP) is -0.942. The fourth-order valence-electron chi connectivity index (χ4n) is 8.27. The molecule has 23 heteroatoms.